The number of pyridine rings is 1. The number of anilines is 1. The van der Waals surface area contributed by atoms with E-state index in [9.17, 15) is 9.59 Å². The number of carbonyl (C=O) groups is 1. The Labute approximate surface area is 151 Å². The smallest absolute Gasteiger partial charge is 0.262 e. The van der Waals surface area contributed by atoms with Crippen molar-refractivity contribution in [2.45, 2.75) is 12.4 Å². The van der Waals surface area contributed by atoms with Gasteiger partial charge in [-0.3, -0.25) is 9.59 Å². The molecule has 0 aliphatic rings. The molecule has 0 bridgehead atoms. The second-order valence-electron chi connectivity index (χ2n) is 6.12. The number of benzene rings is 2. The van der Waals surface area contributed by atoms with Gasteiger partial charge in [-0.15, -0.1) is 11.6 Å². The van der Waals surface area contributed by atoms with E-state index in [1.165, 1.54) is 0 Å². The van der Waals surface area contributed by atoms with E-state index in [1.54, 1.807) is 4.57 Å². The Balaban J connectivity index is 2.35. The van der Waals surface area contributed by atoms with Crippen LogP contribution in [0.25, 0.3) is 10.9 Å². The van der Waals surface area contributed by atoms with Crippen LogP contribution in [0.3, 0.4) is 0 Å². The quantitative estimate of drug-likeness (QED) is 0.518. The number of rotatable bonds is 5. The summed E-state index contributed by atoms with van der Waals surface area (Å²) in [7, 11) is 3.89. The second-order valence-corrected chi connectivity index (χ2v) is 6.38. The Hall–Kier alpha value is -2.59. The van der Waals surface area contributed by atoms with Crippen LogP contribution in [0.5, 0.6) is 0 Å². The van der Waals surface area contributed by atoms with Gasteiger partial charge in [0.25, 0.3) is 5.56 Å². The molecule has 0 aliphatic carbocycles. The van der Waals surface area contributed by atoms with E-state index < -0.39 is 0 Å². The summed E-state index contributed by atoms with van der Waals surface area (Å²) in [4.78, 5) is 26.5. The van der Waals surface area contributed by atoms with E-state index in [-0.39, 0.29) is 17.0 Å². The van der Waals surface area contributed by atoms with Gasteiger partial charge in [0, 0.05) is 31.0 Å². The number of aldehydes is 1. The van der Waals surface area contributed by atoms with Crippen LogP contribution in [0.2, 0.25) is 0 Å². The highest BCUT2D eigenvalue weighted by Crippen LogP contribution is 2.26. The predicted octanol–water partition coefficient (Wildman–Crippen LogP) is 3.67. The minimum absolute atomic E-state index is 0.118. The first-order valence-corrected chi connectivity index (χ1v) is 8.52. The summed E-state index contributed by atoms with van der Waals surface area (Å²) in [5, 5.41) is 0.832. The van der Waals surface area contributed by atoms with Crippen LogP contribution in [0.15, 0.2) is 53.3 Å². The van der Waals surface area contributed by atoms with Crippen molar-refractivity contribution in [1.82, 2.24) is 4.57 Å². The molecule has 1 heterocycles. The lowest BCUT2D eigenvalue weighted by molar-refractivity contribution is 0.112. The predicted molar refractivity (Wildman–Crippen MR) is 103 cm³/mol. The van der Waals surface area contributed by atoms with Crippen molar-refractivity contribution in [3.63, 3.8) is 0 Å². The van der Waals surface area contributed by atoms with Gasteiger partial charge in [-0.25, -0.2) is 0 Å². The third-order valence-electron chi connectivity index (χ3n) is 4.35. The molecule has 0 N–H and O–H groups in total. The van der Waals surface area contributed by atoms with Gasteiger partial charge < -0.3 is 9.47 Å². The minimum Gasteiger partial charge on any atom is -0.378 e. The number of nitrogens with zero attached hydrogens (tertiary/aromatic N) is 2. The second kappa shape index (κ2) is 7.11. The third kappa shape index (κ3) is 3.17. The molecule has 0 fully saturated rings. The molecule has 0 amide bonds. The molecule has 1 aromatic heterocycles. The Morgan fingerprint density at radius 2 is 1.84 bits per heavy atom. The lowest BCUT2D eigenvalue weighted by Gasteiger charge is -2.18. The van der Waals surface area contributed by atoms with Gasteiger partial charge in [-0.2, -0.15) is 0 Å². The normalized spacial score (nSPS) is 10.8. The molecule has 128 valence electrons. The summed E-state index contributed by atoms with van der Waals surface area (Å²) in [5.74, 6) is 0.118. The lowest BCUT2D eigenvalue weighted by Crippen LogP contribution is -2.26. The molecule has 0 spiro atoms. The first-order valence-electron chi connectivity index (χ1n) is 7.98. The van der Waals surface area contributed by atoms with Crippen molar-refractivity contribution < 1.29 is 4.79 Å². The summed E-state index contributed by atoms with van der Waals surface area (Å²) in [6.45, 7) is 0.399. The monoisotopic (exact) mass is 354 g/mol. The highest BCUT2D eigenvalue weighted by Gasteiger charge is 2.16. The Kier molecular flexibility index (Phi) is 4.91. The zero-order valence-corrected chi connectivity index (χ0v) is 15.0. The molecule has 0 radical (unpaired) electrons. The van der Waals surface area contributed by atoms with Crippen molar-refractivity contribution in [3.8, 4) is 0 Å². The van der Waals surface area contributed by atoms with E-state index in [0.29, 0.717) is 18.4 Å². The molecule has 0 saturated heterocycles. The van der Waals surface area contributed by atoms with Crippen molar-refractivity contribution in [3.05, 3.63) is 75.6 Å². The largest absolute Gasteiger partial charge is 0.378 e. The highest BCUT2D eigenvalue weighted by atomic mass is 35.5. The number of fused-ring (bicyclic) bond motifs is 1. The fraction of sp³-hybridized carbons (Fsp3) is 0.200. The fourth-order valence-corrected chi connectivity index (χ4v) is 3.28. The molecule has 0 atom stereocenters. The minimum atomic E-state index is -0.307. The van der Waals surface area contributed by atoms with E-state index >= 15 is 0 Å². The first-order chi connectivity index (χ1) is 12.1. The van der Waals surface area contributed by atoms with Crippen LogP contribution < -0.4 is 10.5 Å². The van der Waals surface area contributed by atoms with Crippen LogP contribution in [0.1, 0.15) is 21.5 Å². The van der Waals surface area contributed by atoms with Gasteiger partial charge in [0.1, 0.15) is 0 Å². The summed E-state index contributed by atoms with van der Waals surface area (Å²) in [6, 6.07) is 15.6. The summed E-state index contributed by atoms with van der Waals surface area (Å²) < 4.78 is 1.65. The highest BCUT2D eigenvalue weighted by molar-refractivity contribution is 6.18. The van der Waals surface area contributed by atoms with Crippen LogP contribution >= 0.6 is 11.6 Å². The zero-order valence-electron chi connectivity index (χ0n) is 14.2. The maximum atomic E-state index is 12.9. The van der Waals surface area contributed by atoms with Gasteiger partial charge in [0.2, 0.25) is 0 Å². The molecule has 3 rings (SSSR count). The fourth-order valence-electron chi connectivity index (χ4n) is 2.99. The van der Waals surface area contributed by atoms with Crippen LogP contribution in [-0.4, -0.2) is 24.9 Å². The number of carbonyl (C=O) groups excluding carboxylic acids is 1. The molecular formula is C20H19ClN2O2. The van der Waals surface area contributed by atoms with Crippen LogP contribution in [0, 0.1) is 0 Å². The van der Waals surface area contributed by atoms with Crippen molar-refractivity contribution in [1.29, 1.82) is 0 Å². The van der Waals surface area contributed by atoms with Gasteiger partial charge in [-0.1, -0.05) is 36.4 Å². The van der Waals surface area contributed by atoms with Gasteiger partial charge in [0.05, 0.1) is 17.6 Å². The molecule has 5 heteroatoms. The topological polar surface area (TPSA) is 42.3 Å². The van der Waals surface area contributed by atoms with E-state index in [4.69, 9.17) is 11.6 Å². The van der Waals surface area contributed by atoms with E-state index in [1.807, 2.05) is 67.5 Å². The molecule has 0 aliphatic heterocycles. The summed E-state index contributed by atoms with van der Waals surface area (Å²) >= 11 is 6.06. The van der Waals surface area contributed by atoms with Gasteiger partial charge >= 0.3 is 0 Å². The molecule has 0 unspecified atom stereocenters. The third-order valence-corrected chi connectivity index (χ3v) is 4.62. The number of alkyl halides is 1. The van der Waals surface area contributed by atoms with E-state index in [0.717, 1.165) is 22.2 Å². The SMILES string of the molecule is CN(C)c1ccc2c(CCl)c(C=O)c(=O)n(Cc3ccccc3)c2c1. The van der Waals surface area contributed by atoms with Crippen LogP contribution in [-0.2, 0) is 12.4 Å². The average molecular weight is 355 g/mol. The number of hydrogen-bond acceptors (Lipinski definition) is 3. The molecule has 0 saturated carbocycles. The molecule has 4 nitrogen and oxygen atoms in total. The number of hydrogen-bond donors (Lipinski definition) is 0. The lowest BCUT2D eigenvalue weighted by atomic mass is 10.0. The van der Waals surface area contributed by atoms with Crippen molar-refractivity contribution in [2.24, 2.45) is 0 Å². The molecule has 3 aromatic rings. The number of halogens is 1. The van der Waals surface area contributed by atoms with E-state index in [2.05, 4.69) is 0 Å². The van der Waals surface area contributed by atoms with Crippen molar-refractivity contribution in [2.75, 3.05) is 19.0 Å². The Morgan fingerprint density at radius 1 is 1.12 bits per heavy atom. The first kappa shape index (κ1) is 17.2. The van der Waals surface area contributed by atoms with Gasteiger partial charge in [0.15, 0.2) is 6.29 Å². The maximum Gasteiger partial charge on any atom is 0.262 e. The molecule has 2 aromatic carbocycles. The Bertz CT molecular complexity index is 978. The van der Waals surface area contributed by atoms with Crippen LogP contribution in [0.4, 0.5) is 5.69 Å². The maximum absolute atomic E-state index is 12.9. The van der Waals surface area contributed by atoms with Gasteiger partial charge in [-0.05, 0) is 23.3 Å². The Morgan fingerprint density at radius 3 is 2.44 bits per heavy atom. The van der Waals surface area contributed by atoms with Crippen molar-refractivity contribution >= 4 is 34.5 Å². The molecular weight excluding hydrogens is 336 g/mol. The zero-order chi connectivity index (χ0) is 18.0. The number of aromatic nitrogens is 1. The molecule has 25 heavy (non-hydrogen) atoms. The standard InChI is InChI=1S/C20H19ClN2O2/c1-22(2)15-8-9-16-17(11-21)18(13-24)20(25)23(19(16)10-15)12-14-6-4-3-5-7-14/h3-10,13H,11-12H2,1-2H3. The summed E-state index contributed by atoms with van der Waals surface area (Å²) in [6.07, 6.45) is 0.612. The average Bonchev–Trinajstić information content (AvgIpc) is 2.63. The summed E-state index contributed by atoms with van der Waals surface area (Å²) in [5.41, 5.74) is 3.17.